The van der Waals surface area contributed by atoms with E-state index < -0.39 is 0 Å². The van der Waals surface area contributed by atoms with Gasteiger partial charge in [-0.15, -0.1) is 0 Å². The summed E-state index contributed by atoms with van der Waals surface area (Å²) in [7, 11) is 0. The first-order valence-electron chi connectivity index (χ1n) is 27.5. The number of benzene rings is 6. The SMILES string of the molecule is O=C(Cc1ccc(OCc2ccccc2)cc1)Cc1ncc(-c2ccc(CO)cc2)nc1CC1CCCC1.O=C(Cc1ccc(OCc2ccccc2)cc1)Cc1ncc(-c2ccc(CO)cc2)nc1CC1CCCCC1. The van der Waals surface area contributed by atoms with E-state index in [9.17, 15) is 19.8 Å². The van der Waals surface area contributed by atoms with Crippen LogP contribution in [0.25, 0.3) is 22.5 Å². The fourth-order valence-electron chi connectivity index (χ4n) is 10.4. The van der Waals surface area contributed by atoms with Crippen molar-refractivity contribution in [1.29, 1.82) is 0 Å². The maximum atomic E-state index is 13.1. The van der Waals surface area contributed by atoms with Gasteiger partial charge in [-0.2, -0.15) is 0 Å². The molecule has 10 nitrogen and oxygen atoms in total. The lowest BCUT2D eigenvalue weighted by Gasteiger charge is -2.22. The number of ether oxygens (including phenoxy) is 2. The van der Waals surface area contributed by atoms with Crippen LogP contribution in [0.4, 0.5) is 0 Å². The van der Waals surface area contributed by atoms with E-state index in [1.54, 1.807) is 12.4 Å². The lowest BCUT2D eigenvalue weighted by molar-refractivity contribution is -0.118. The number of rotatable bonds is 22. The van der Waals surface area contributed by atoms with Crippen LogP contribution in [0.1, 0.15) is 114 Å². The molecule has 8 aromatic rings. The van der Waals surface area contributed by atoms with Crippen LogP contribution >= 0.6 is 0 Å². The number of nitrogens with zero attached hydrogens (tertiary/aromatic N) is 4. The normalized spacial score (nSPS) is 13.6. The third-order valence-corrected chi connectivity index (χ3v) is 14.8. The molecule has 0 amide bonds. The Hall–Kier alpha value is -7.66. The van der Waals surface area contributed by atoms with Crippen LogP contribution < -0.4 is 9.47 Å². The van der Waals surface area contributed by atoms with Gasteiger partial charge in [0.15, 0.2) is 0 Å². The summed E-state index contributed by atoms with van der Waals surface area (Å²) in [4.78, 5) is 45.7. The van der Waals surface area contributed by atoms with Crippen molar-refractivity contribution < 1.29 is 29.3 Å². The molecule has 0 unspecified atom stereocenters. The minimum absolute atomic E-state index is 0.0172. The first-order chi connectivity index (χ1) is 37.8. The van der Waals surface area contributed by atoms with Crippen LogP contribution in [0.3, 0.4) is 0 Å². The number of hydrogen-bond donors (Lipinski definition) is 2. The van der Waals surface area contributed by atoms with E-state index in [0.717, 1.165) is 103 Å². The van der Waals surface area contributed by atoms with E-state index in [0.29, 0.717) is 37.9 Å². The Bertz CT molecular complexity index is 3100. The summed E-state index contributed by atoms with van der Waals surface area (Å²) in [6, 6.07) is 51.2. The summed E-state index contributed by atoms with van der Waals surface area (Å²) in [5, 5.41) is 18.7. The molecule has 0 atom stereocenters. The number of Topliss-reactive ketones (excluding diaryl/α,β-unsaturated/α-hetero) is 2. The second kappa shape index (κ2) is 27.9. The molecule has 0 radical (unpaired) electrons. The predicted molar refractivity (Wildman–Crippen MR) is 302 cm³/mol. The van der Waals surface area contributed by atoms with Gasteiger partial charge >= 0.3 is 0 Å². The summed E-state index contributed by atoms with van der Waals surface area (Å²) in [6.45, 7) is 1.07. The molecule has 2 saturated carbocycles. The van der Waals surface area contributed by atoms with Crippen LogP contribution in [0, 0.1) is 11.8 Å². The molecule has 10 rings (SSSR count). The van der Waals surface area contributed by atoms with Gasteiger partial charge < -0.3 is 19.7 Å². The van der Waals surface area contributed by atoms with Gasteiger partial charge in [-0.25, -0.2) is 9.97 Å². The number of ketones is 2. The standard InChI is InChI=1S/C34H36N2O3.C33H34N2O3/c37-23-27-11-15-29(16-12-27)34-22-35-32(33(36-34)20-25-7-3-1-4-8-25)21-30(38)19-26-13-17-31(18-14-26)39-24-28-9-5-2-6-10-28;36-22-26-10-14-28(15-11-26)33-21-34-31(32(35-33)19-24-6-4-5-7-24)20-29(37)18-25-12-16-30(17-13-25)38-23-27-8-2-1-3-9-27/h2,5-6,9-18,22,25,37H,1,3-4,7-8,19-21,23-24H2;1-3,8-17,21,24,36H,4-7,18-20,22-23H2. The Morgan fingerprint density at radius 3 is 1.14 bits per heavy atom. The van der Waals surface area contributed by atoms with E-state index in [2.05, 4.69) is 0 Å². The van der Waals surface area contributed by atoms with Crippen molar-refractivity contribution in [2.24, 2.45) is 11.8 Å². The van der Waals surface area contributed by atoms with Gasteiger partial charge in [0.2, 0.25) is 0 Å². The fraction of sp³-hybridized carbons (Fsp3) is 0.313. The molecule has 2 aliphatic rings. The molecule has 0 aliphatic heterocycles. The summed E-state index contributed by atoms with van der Waals surface area (Å²) in [5.74, 6) is 3.04. The highest BCUT2D eigenvalue weighted by Crippen LogP contribution is 2.31. The highest BCUT2D eigenvalue weighted by molar-refractivity contribution is 5.83. The summed E-state index contributed by atoms with van der Waals surface area (Å²) in [6.07, 6.45) is 17.8. The van der Waals surface area contributed by atoms with Crippen molar-refractivity contribution in [2.45, 2.75) is 123 Å². The zero-order chi connectivity index (χ0) is 53.0. The van der Waals surface area contributed by atoms with Crippen molar-refractivity contribution in [1.82, 2.24) is 19.9 Å². The van der Waals surface area contributed by atoms with Crippen molar-refractivity contribution >= 4 is 11.6 Å². The molecule has 0 bridgehead atoms. The Balaban J connectivity index is 0.000000188. The molecule has 2 aliphatic carbocycles. The van der Waals surface area contributed by atoms with Crippen LogP contribution in [0.5, 0.6) is 11.5 Å². The Labute approximate surface area is 453 Å². The summed E-state index contributed by atoms with van der Waals surface area (Å²) >= 11 is 0. The maximum absolute atomic E-state index is 13.1. The van der Waals surface area contributed by atoms with Gasteiger partial charge in [-0.3, -0.25) is 19.6 Å². The van der Waals surface area contributed by atoms with Gasteiger partial charge in [0.05, 0.1) is 72.6 Å². The van der Waals surface area contributed by atoms with Crippen LogP contribution in [0.2, 0.25) is 0 Å². The molecule has 10 heteroatoms. The highest BCUT2D eigenvalue weighted by Gasteiger charge is 2.22. The zero-order valence-corrected chi connectivity index (χ0v) is 44.1. The average Bonchev–Trinajstić information content (AvgIpc) is 4.00. The fourth-order valence-corrected chi connectivity index (χ4v) is 10.4. The number of carbonyl (C=O) groups is 2. The Morgan fingerprint density at radius 1 is 0.403 bits per heavy atom. The van der Waals surface area contributed by atoms with Gasteiger partial charge in [-0.1, -0.05) is 191 Å². The van der Waals surface area contributed by atoms with E-state index in [4.69, 9.17) is 29.4 Å². The van der Waals surface area contributed by atoms with Crippen LogP contribution in [-0.2, 0) is 74.5 Å². The molecular formula is C67H70N4O6. The number of aromatic nitrogens is 4. The molecule has 77 heavy (non-hydrogen) atoms. The van der Waals surface area contributed by atoms with Crippen molar-refractivity contribution in [3.63, 3.8) is 0 Å². The van der Waals surface area contributed by atoms with Gasteiger partial charge in [0.25, 0.3) is 0 Å². The largest absolute Gasteiger partial charge is 0.489 e. The van der Waals surface area contributed by atoms with Crippen LogP contribution in [0.15, 0.2) is 170 Å². The molecule has 0 spiro atoms. The van der Waals surface area contributed by atoms with Crippen molar-refractivity contribution in [3.8, 4) is 34.0 Å². The first kappa shape index (κ1) is 54.1. The molecule has 394 valence electrons. The summed E-state index contributed by atoms with van der Waals surface area (Å²) in [5.41, 5.74) is 12.9. The molecule has 2 heterocycles. The van der Waals surface area contributed by atoms with Crippen molar-refractivity contribution in [3.05, 3.63) is 226 Å². The zero-order valence-electron chi connectivity index (χ0n) is 44.1. The first-order valence-corrected chi connectivity index (χ1v) is 27.5. The Kier molecular flexibility index (Phi) is 19.6. The maximum Gasteiger partial charge on any atom is 0.143 e. The predicted octanol–water partition coefficient (Wildman–Crippen LogP) is 13.0. The van der Waals surface area contributed by atoms with Gasteiger partial charge in [-0.05, 0) is 82.3 Å². The highest BCUT2D eigenvalue weighted by atomic mass is 16.5. The molecular weight excluding hydrogens is 957 g/mol. The minimum Gasteiger partial charge on any atom is -0.489 e. The molecule has 0 saturated heterocycles. The third-order valence-electron chi connectivity index (χ3n) is 14.8. The third kappa shape index (κ3) is 16.4. The quantitative estimate of drug-likeness (QED) is 0.0673. The topological polar surface area (TPSA) is 145 Å². The smallest absolute Gasteiger partial charge is 0.143 e. The molecule has 2 fully saturated rings. The number of hydrogen-bond acceptors (Lipinski definition) is 10. The van der Waals surface area contributed by atoms with E-state index in [-0.39, 0.29) is 37.6 Å². The molecule has 2 N–H and O–H groups in total. The van der Waals surface area contributed by atoms with E-state index in [1.165, 1.54) is 57.8 Å². The number of aliphatic hydroxyl groups is 2. The van der Waals surface area contributed by atoms with Gasteiger partial charge in [0, 0.05) is 24.0 Å². The molecule has 6 aromatic carbocycles. The minimum atomic E-state index is 0.0172. The second-order valence-corrected chi connectivity index (χ2v) is 20.7. The Morgan fingerprint density at radius 2 is 0.766 bits per heavy atom. The summed E-state index contributed by atoms with van der Waals surface area (Å²) < 4.78 is 11.8. The number of carbonyl (C=O) groups excluding carboxylic acids is 2. The van der Waals surface area contributed by atoms with Crippen molar-refractivity contribution in [2.75, 3.05) is 0 Å². The lowest BCUT2D eigenvalue weighted by atomic mass is 9.85. The van der Waals surface area contributed by atoms with E-state index in [1.807, 2.05) is 158 Å². The van der Waals surface area contributed by atoms with Crippen LogP contribution in [-0.4, -0.2) is 41.7 Å². The van der Waals surface area contributed by atoms with E-state index >= 15 is 0 Å². The number of aliphatic hydroxyl groups excluding tert-OH is 2. The average molecular weight is 1030 g/mol. The second-order valence-electron chi connectivity index (χ2n) is 20.7. The molecule has 2 aromatic heterocycles. The monoisotopic (exact) mass is 1030 g/mol. The lowest BCUT2D eigenvalue weighted by Crippen LogP contribution is -2.16. The van der Waals surface area contributed by atoms with Gasteiger partial charge in [0.1, 0.15) is 36.3 Å².